The first kappa shape index (κ1) is 29.0. The summed E-state index contributed by atoms with van der Waals surface area (Å²) in [5.41, 5.74) is 1.83. The summed E-state index contributed by atoms with van der Waals surface area (Å²) in [7, 11) is -3.29. The fourth-order valence-corrected chi connectivity index (χ4v) is 6.32. The lowest BCUT2D eigenvalue weighted by molar-refractivity contribution is -0.308. The smallest absolute Gasteiger partial charge is 0.426 e. The largest absolute Gasteiger partial charge is 0.434 e. The van der Waals surface area contributed by atoms with Gasteiger partial charge in [-0.3, -0.25) is 4.90 Å². The van der Waals surface area contributed by atoms with Crippen LogP contribution in [0.25, 0.3) is 0 Å². The summed E-state index contributed by atoms with van der Waals surface area (Å²) in [6, 6.07) is 5.45. The number of amides is 1. The number of piperazine rings is 1. The Morgan fingerprint density at radius 2 is 1.55 bits per heavy atom. The molecule has 3 fully saturated rings. The molecule has 3 heterocycles. The van der Waals surface area contributed by atoms with E-state index in [2.05, 4.69) is 14.5 Å². The first-order chi connectivity index (χ1) is 17.5. The maximum atomic E-state index is 12.8. The van der Waals surface area contributed by atoms with Crippen molar-refractivity contribution >= 4 is 33.4 Å². The molecule has 1 aromatic carbocycles. The third-order valence-electron chi connectivity index (χ3n) is 7.12. The standard InChI is InChI=1S/C22H27ClF6N4O4S/c1-38(35,36)33-6-4-31(5-7-33)18-8-17(23)3-2-14(18)9-30-10-15-12-32(13-16(15)11-30)20(34)37-19(21(24,25)26)22(27,28)29/h2-3,8,15-16,19H,4-7,9-13H2,1H3. The zero-order valence-corrected chi connectivity index (χ0v) is 21.9. The molecule has 0 saturated carbocycles. The van der Waals surface area contributed by atoms with Gasteiger partial charge in [0, 0.05) is 69.6 Å². The molecule has 0 radical (unpaired) electrons. The minimum absolute atomic E-state index is 0.00333. The number of carbonyl (C=O) groups is 1. The molecule has 3 aliphatic rings. The molecule has 0 aliphatic carbocycles. The third kappa shape index (κ3) is 6.59. The van der Waals surface area contributed by atoms with Crippen molar-refractivity contribution in [2.24, 2.45) is 11.8 Å². The van der Waals surface area contributed by atoms with Gasteiger partial charge >= 0.3 is 18.4 Å². The highest BCUT2D eigenvalue weighted by Gasteiger charge is 2.60. The zero-order valence-electron chi connectivity index (χ0n) is 20.3. The summed E-state index contributed by atoms with van der Waals surface area (Å²) in [4.78, 5) is 17.2. The van der Waals surface area contributed by atoms with Crippen LogP contribution >= 0.6 is 11.6 Å². The maximum absolute atomic E-state index is 12.8. The summed E-state index contributed by atoms with van der Waals surface area (Å²) in [5.74, 6) is -0.237. The van der Waals surface area contributed by atoms with Crippen molar-refractivity contribution < 1.29 is 44.3 Å². The highest BCUT2D eigenvalue weighted by molar-refractivity contribution is 7.88. The number of carbonyl (C=O) groups excluding carboxylic acids is 1. The Morgan fingerprint density at radius 3 is 2.05 bits per heavy atom. The second-order valence-corrected chi connectivity index (χ2v) is 12.3. The average Bonchev–Trinajstić information content (AvgIpc) is 3.35. The molecule has 0 bridgehead atoms. The third-order valence-corrected chi connectivity index (χ3v) is 8.66. The van der Waals surface area contributed by atoms with Crippen LogP contribution in [0.4, 0.5) is 36.8 Å². The summed E-state index contributed by atoms with van der Waals surface area (Å²) >= 11 is 6.23. The van der Waals surface area contributed by atoms with Crippen molar-refractivity contribution in [1.82, 2.24) is 14.1 Å². The molecule has 2 atom stereocenters. The van der Waals surface area contributed by atoms with Gasteiger partial charge in [0.05, 0.1) is 6.26 Å². The van der Waals surface area contributed by atoms with E-state index in [1.807, 2.05) is 12.1 Å². The van der Waals surface area contributed by atoms with E-state index in [4.69, 9.17) is 11.6 Å². The average molecular weight is 593 g/mol. The highest BCUT2D eigenvalue weighted by Crippen LogP contribution is 2.38. The molecule has 4 rings (SSSR count). The van der Waals surface area contributed by atoms with Gasteiger partial charge < -0.3 is 14.5 Å². The van der Waals surface area contributed by atoms with Gasteiger partial charge in [0.2, 0.25) is 10.0 Å². The van der Waals surface area contributed by atoms with Crippen molar-refractivity contribution in [1.29, 1.82) is 0 Å². The van der Waals surface area contributed by atoms with Crippen molar-refractivity contribution in [2.45, 2.75) is 25.0 Å². The predicted molar refractivity (Wildman–Crippen MR) is 126 cm³/mol. The molecule has 214 valence electrons. The van der Waals surface area contributed by atoms with E-state index in [1.165, 1.54) is 10.6 Å². The van der Waals surface area contributed by atoms with Crippen LogP contribution in [0.5, 0.6) is 0 Å². The molecular formula is C22H27ClF6N4O4S. The Balaban J connectivity index is 1.36. The Labute approximate surface area is 221 Å². The van der Waals surface area contributed by atoms with Crippen molar-refractivity contribution in [3.8, 4) is 0 Å². The quantitative estimate of drug-likeness (QED) is 0.488. The number of sulfonamides is 1. The van der Waals surface area contributed by atoms with Crippen LogP contribution in [0.15, 0.2) is 18.2 Å². The van der Waals surface area contributed by atoms with Crippen LogP contribution in [-0.2, 0) is 21.3 Å². The molecule has 38 heavy (non-hydrogen) atoms. The van der Waals surface area contributed by atoms with Gasteiger partial charge in [-0.25, -0.2) is 13.2 Å². The van der Waals surface area contributed by atoms with E-state index < -0.39 is 34.6 Å². The number of benzene rings is 1. The minimum atomic E-state index is -5.76. The Kier molecular flexibility index (Phi) is 8.05. The van der Waals surface area contributed by atoms with Crippen LogP contribution in [0.1, 0.15) is 5.56 Å². The number of likely N-dealkylation sites (tertiary alicyclic amines) is 2. The molecular weight excluding hydrogens is 566 g/mol. The van der Waals surface area contributed by atoms with Crippen molar-refractivity contribution in [3.05, 3.63) is 28.8 Å². The number of rotatable bonds is 5. The number of nitrogens with zero attached hydrogens (tertiary/aromatic N) is 4. The van der Waals surface area contributed by atoms with Crippen molar-refractivity contribution in [3.63, 3.8) is 0 Å². The highest BCUT2D eigenvalue weighted by atomic mass is 35.5. The second-order valence-electron chi connectivity index (χ2n) is 9.89. The normalized spacial score (nSPS) is 23.8. The first-order valence-corrected chi connectivity index (χ1v) is 14.0. The van der Waals surface area contributed by atoms with E-state index in [0.29, 0.717) is 50.8 Å². The Bertz CT molecular complexity index is 1120. The molecule has 0 aromatic heterocycles. The summed E-state index contributed by atoms with van der Waals surface area (Å²) in [5, 5.41) is 0.526. The topological polar surface area (TPSA) is 73.4 Å². The minimum Gasteiger partial charge on any atom is -0.426 e. The molecule has 3 aliphatic heterocycles. The second kappa shape index (κ2) is 10.5. The molecule has 2 unspecified atom stereocenters. The van der Waals surface area contributed by atoms with Gasteiger partial charge in [-0.15, -0.1) is 0 Å². The lowest BCUT2D eigenvalue weighted by Gasteiger charge is -2.36. The van der Waals surface area contributed by atoms with E-state index in [-0.39, 0.29) is 24.9 Å². The monoisotopic (exact) mass is 592 g/mol. The predicted octanol–water partition coefficient (Wildman–Crippen LogP) is 3.42. The van der Waals surface area contributed by atoms with Gasteiger partial charge in [0.15, 0.2) is 0 Å². The molecule has 16 heteroatoms. The fraction of sp³-hybridized carbons (Fsp3) is 0.682. The van der Waals surface area contributed by atoms with Crippen LogP contribution < -0.4 is 4.90 Å². The van der Waals surface area contributed by atoms with Gasteiger partial charge in [0.25, 0.3) is 6.10 Å². The SMILES string of the molecule is CS(=O)(=O)N1CCN(c2cc(Cl)ccc2CN2CC3CN(C(=O)OC(C(F)(F)F)C(F)(F)F)CC3C2)CC1. The zero-order chi connectivity index (χ0) is 28.0. The van der Waals surface area contributed by atoms with Gasteiger partial charge in [-0.1, -0.05) is 17.7 Å². The van der Waals surface area contributed by atoms with Crippen LogP contribution in [0, 0.1) is 11.8 Å². The lowest BCUT2D eigenvalue weighted by Crippen LogP contribution is -2.48. The van der Waals surface area contributed by atoms with Gasteiger partial charge in [-0.2, -0.15) is 30.6 Å². The number of fused-ring (bicyclic) bond motifs is 1. The number of hydrogen-bond acceptors (Lipinski definition) is 6. The van der Waals surface area contributed by atoms with Gasteiger partial charge in [-0.05, 0) is 29.5 Å². The number of ether oxygens (including phenoxy) is 1. The summed E-state index contributed by atoms with van der Waals surface area (Å²) in [6.07, 6.45) is -16.1. The molecule has 3 saturated heterocycles. The molecule has 8 nitrogen and oxygen atoms in total. The number of anilines is 1. The van der Waals surface area contributed by atoms with E-state index >= 15 is 0 Å². The number of hydrogen-bond donors (Lipinski definition) is 0. The molecule has 0 spiro atoms. The van der Waals surface area contributed by atoms with E-state index in [0.717, 1.165) is 16.2 Å². The molecule has 1 aromatic rings. The van der Waals surface area contributed by atoms with Crippen LogP contribution in [-0.4, -0.2) is 106 Å². The van der Waals surface area contributed by atoms with Crippen LogP contribution in [0.2, 0.25) is 5.02 Å². The van der Waals surface area contributed by atoms with Crippen LogP contribution in [0.3, 0.4) is 0 Å². The Morgan fingerprint density at radius 1 is 1.00 bits per heavy atom. The number of halogens is 7. The molecule has 0 N–H and O–H groups in total. The van der Waals surface area contributed by atoms with E-state index in [9.17, 15) is 39.6 Å². The number of alkyl halides is 6. The fourth-order valence-electron chi connectivity index (χ4n) is 5.33. The molecule has 1 amide bonds. The summed E-state index contributed by atoms with van der Waals surface area (Å²) < 4.78 is 105. The Hall–Kier alpha value is -1.97. The van der Waals surface area contributed by atoms with Gasteiger partial charge in [0.1, 0.15) is 0 Å². The lowest BCUT2D eigenvalue weighted by atomic mass is 10.0. The first-order valence-electron chi connectivity index (χ1n) is 11.8. The maximum Gasteiger partial charge on any atom is 0.434 e. The van der Waals surface area contributed by atoms with Crippen molar-refractivity contribution in [2.75, 3.05) is 63.5 Å². The summed E-state index contributed by atoms with van der Waals surface area (Å²) in [6.45, 7) is 3.18. The van der Waals surface area contributed by atoms with E-state index in [1.54, 1.807) is 6.07 Å².